The average Bonchev–Trinajstić information content (AvgIpc) is 3.05. The third-order valence-electron chi connectivity index (χ3n) is 5.83. The van der Waals surface area contributed by atoms with Gasteiger partial charge in [-0.25, -0.2) is 4.79 Å². The van der Waals surface area contributed by atoms with Crippen molar-refractivity contribution in [2.24, 2.45) is 13.0 Å². The lowest BCUT2D eigenvalue weighted by Crippen LogP contribution is -2.30. The highest BCUT2D eigenvalue weighted by molar-refractivity contribution is 5.99. The zero-order chi connectivity index (χ0) is 25.2. The minimum atomic E-state index is -4.27. The van der Waals surface area contributed by atoms with Gasteiger partial charge >= 0.3 is 12.1 Å². The topological polar surface area (TPSA) is 80.6 Å². The van der Waals surface area contributed by atoms with Gasteiger partial charge in [0.2, 0.25) is 0 Å². The van der Waals surface area contributed by atoms with Crippen LogP contribution in [0.25, 0.3) is 10.9 Å². The number of halogens is 3. The molecule has 0 aliphatic carbocycles. The molecule has 0 saturated heterocycles. The fraction of sp³-hybridized carbons (Fsp3) is 0.360. The van der Waals surface area contributed by atoms with Gasteiger partial charge in [0.05, 0.1) is 12.7 Å². The molecule has 3 rings (SSSR count). The molecule has 1 atom stereocenters. The molecule has 6 nitrogen and oxygen atoms in total. The van der Waals surface area contributed by atoms with Crippen LogP contribution in [-0.4, -0.2) is 41.4 Å². The number of carbonyl (C=O) groups excluding carboxylic acids is 1. The Morgan fingerprint density at radius 1 is 1.18 bits per heavy atom. The zero-order valence-corrected chi connectivity index (χ0v) is 19.4. The molecule has 0 spiro atoms. The van der Waals surface area contributed by atoms with Gasteiger partial charge < -0.3 is 19.7 Å². The van der Waals surface area contributed by atoms with E-state index in [1.165, 1.54) is 14.0 Å². The second-order valence-electron chi connectivity index (χ2n) is 8.54. The summed E-state index contributed by atoms with van der Waals surface area (Å²) >= 11 is 0. The van der Waals surface area contributed by atoms with Gasteiger partial charge in [-0.05, 0) is 48.2 Å². The molecule has 1 unspecified atom stereocenters. The first kappa shape index (κ1) is 25.1. The summed E-state index contributed by atoms with van der Waals surface area (Å²) in [7, 11) is 3.36. The van der Waals surface area contributed by atoms with Gasteiger partial charge in [-0.1, -0.05) is 13.0 Å². The van der Waals surface area contributed by atoms with Gasteiger partial charge in [-0.3, -0.25) is 4.79 Å². The van der Waals surface area contributed by atoms with Crippen LogP contribution in [0.4, 0.5) is 13.2 Å². The third-order valence-corrected chi connectivity index (χ3v) is 5.83. The molecule has 0 radical (unpaired) electrons. The number of hydrogen-bond donors (Lipinski definition) is 2. The Morgan fingerprint density at radius 3 is 2.50 bits per heavy atom. The van der Waals surface area contributed by atoms with Crippen LogP contribution < -0.4 is 10.1 Å². The molecule has 182 valence electrons. The molecule has 1 aromatic heterocycles. The number of aromatic nitrogens is 1. The zero-order valence-electron chi connectivity index (χ0n) is 19.4. The summed E-state index contributed by atoms with van der Waals surface area (Å²) < 4.78 is 45.0. The summed E-state index contributed by atoms with van der Waals surface area (Å²) in [4.78, 5) is 24.1. The Labute approximate surface area is 195 Å². The molecule has 2 aromatic carbocycles. The van der Waals surface area contributed by atoms with E-state index < -0.39 is 30.4 Å². The van der Waals surface area contributed by atoms with E-state index in [1.54, 1.807) is 37.3 Å². The van der Waals surface area contributed by atoms with Crippen LogP contribution in [0.3, 0.4) is 0 Å². The SMILES string of the molecule is COc1c(Cc2cn(C)c3ccc(C(=O)NCC(C)CC(F)(F)F)cc23)ccc(C(=O)O)c1C. The summed E-state index contributed by atoms with van der Waals surface area (Å²) in [6.45, 7) is 3.05. The predicted octanol–water partition coefficient (Wildman–Crippen LogP) is 5.10. The third kappa shape index (κ3) is 5.52. The molecule has 9 heteroatoms. The maximum Gasteiger partial charge on any atom is 0.389 e. The van der Waals surface area contributed by atoms with Crippen LogP contribution >= 0.6 is 0 Å². The first-order valence-corrected chi connectivity index (χ1v) is 10.7. The Morgan fingerprint density at radius 2 is 1.88 bits per heavy atom. The van der Waals surface area contributed by atoms with Crippen molar-refractivity contribution in [3.05, 3.63) is 64.3 Å². The van der Waals surface area contributed by atoms with Crippen molar-refractivity contribution in [2.75, 3.05) is 13.7 Å². The number of aryl methyl sites for hydroxylation is 1. The van der Waals surface area contributed by atoms with Crippen molar-refractivity contribution in [2.45, 2.75) is 32.9 Å². The van der Waals surface area contributed by atoms with Crippen molar-refractivity contribution in [1.82, 2.24) is 9.88 Å². The Kier molecular flexibility index (Phi) is 7.24. The lowest BCUT2D eigenvalue weighted by Gasteiger charge is -2.15. The molecule has 0 aliphatic heterocycles. The molecule has 0 bridgehead atoms. The van der Waals surface area contributed by atoms with Crippen molar-refractivity contribution in [3.8, 4) is 5.75 Å². The highest BCUT2D eigenvalue weighted by atomic mass is 19.4. The number of amides is 1. The summed E-state index contributed by atoms with van der Waals surface area (Å²) in [6, 6.07) is 8.42. The highest BCUT2D eigenvalue weighted by Gasteiger charge is 2.30. The van der Waals surface area contributed by atoms with Crippen molar-refractivity contribution < 1.29 is 32.6 Å². The van der Waals surface area contributed by atoms with Gasteiger partial charge in [0.25, 0.3) is 5.91 Å². The number of alkyl halides is 3. The van der Waals surface area contributed by atoms with E-state index in [0.717, 1.165) is 22.0 Å². The van der Waals surface area contributed by atoms with E-state index in [9.17, 15) is 27.9 Å². The normalized spacial score (nSPS) is 12.6. The number of nitrogens with zero attached hydrogens (tertiary/aromatic N) is 1. The number of benzene rings is 2. The fourth-order valence-corrected chi connectivity index (χ4v) is 4.20. The largest absolute Gasteiger partial charge is 0.496 e. The molecule has 0 saturated carbocycles. The van der Waals surface area contributed by atoms with E-state index in [4.69, 9.17) is 4.74 Å². The number of hydrogen-bond acceptors (Lipinski definition) is 3. The Bertz CT molecular complexity index is 1230. The summed E-state index contributed by atoms with van der Waals surface area (Å²) in [5, 5.41) is 12.8. The van der Waals surface area contributed by atoms with Crippen LogP contribution in [0.5, 0.6) is 5.75 Å². The van der Waals surface area contributed by atoms with Crippen LogP contribution in [0.15, 0.2) is 36.5 Å². The quantitative estimate of drug-likeness (QED) is 0.474. The molecular formula is C25H27F3N2O4. The monoisotopic (exact) mass is 476 g/mol. The highest BCUT2D eigenvalue weighted by Crippen LogP contribution is 2.32. The number of ether oxygens (including phenoxy) is 1. The first-order valence-electron chi connectivity index (χ1n) is 10.7. The smallest absolute Gasteiger partial charge is 0.389 e. The van der Waals surface area contributed by atoms with E-state index in [2.05, 4.69) is 5.32 Å². The second kappa shape index (κ2) is 9.79. The fourth-order valence-electron chi connectivity index (χ4n) is 4.20. The van der Waals surface area contributed by atoms with Crippen molar-refractivity contribution in [3.63, 3.8) is 0 Å². The summed E-state index contributed by atoms with van der Waals surface area (Å²) in [5.41, 5.74) is 3.63. The maximum atomic E-state index is 12.6. The van der Waals surface area contributed by atoms with Crippen molar-refractivity contribution in [1.29, 1.82) is 0 Å². The lowest BCUT2D eigenvalue weighted by molar-refractivity contribution is -0.142. The molecule has 3 aromatic rings. The number of methoxy groups -OCH3 is 1. The molecule has 0 aliphatic rings. The van der Waals surface area contributed by atoms with Gasteiger partial charge in [-0.15, -0.1) is 0 Å². The van der Waals surface area contributed by atoms with Gasteiger partial charge in [0.15, 0.2) is 0 Å². The molecule has 2 N–H and O–H groups in total. The number of aromatic carboxylic acids is 1. The number of carboxylic acids is 1. The van der Waals surface area contributed by atoms with Gasteiger partial charge in [0.1, 0.15) is 5.75 Å². The molecule has 0 fully saturated rings. The molecule has 1 amide bonds. The molecule has 1 heterocycles. The van der Waals surface area contributed by atoms with E-state index in [0.29, 0.717) is 23.3 Å². The van der Waals surface area contributed by atoms with Crippen LogP contribution in [-0.2, 0) is 13.5 Å². The Balaban J connectivity index is 1.88. The minimum Gasteiger partial charge on any atom is -0.496 e. The number of fused-ring (bicyclic) bond motifs is 1. The summed E-state index contributed by atoms with van der Waals surface area (Å²) in [6.07, 6.45) is -2.87. The Hall–Kier alpha value is -3.49. The minimum absolute atomic E-state index is 0.0789. The van der Waals surface area contributed by atoms with Crippen molar-refractivity contribution >= 4 is 22.8 Å². The molecule has 34 heavy (non-hydrogen) atoms. The number of nitrogens with one attached hydrogen (secondary N) is 1. The van der Waals surface area contributed by atoms with E-state index in [1.807, 2.05) is 17.8 Å². The summed E-state index contributed by atoms with van der Waals surface area (Å²) in [5.74, 6) is -1.72. The second-order valence-corrected chi connectivity index (χ2v) is 8.54. The van der Waals surface area contributed by atoms with Crippen LogP contribution in [0, 0.1) is 12.8 Å². The average molecular weight is 476 g/mol. The van der Waals surface area contributed by atoms with Crippen LogP contribution in [0.2, 0.25) is 0 Å². The lowest BCUT2D eigenvalue weighted by atomic mass is 9.97. The van der Waals surface area contributed by atoms with E-state index >= 15 is 0 Å². The predicted molar refractivity (Wildman–Crippen MR) is 123 cm³/mol. The number of carboxylic acid groups (broad SMARTS) is 1. The number of rotatable bonds is 8. The van der Waals surface area contributed by atoms with E-state index in [-0.39, 0.29) is 12.1 Å². The first-order chi connectivity index (χ1) is 15.9. The molecular weight excluding hydrogens is 449 g/mol. The van der Waals surface area contributed by atoms with Gasteiger partial charge in [-0.2, -0.15) is 13.2 Å². The van der Waals surface area contributed by atoms with Gasteiger partial charge in [0, 0.05) is 54.7 Å². The van der Waals surface area contributed by atoms with Crippen LogP contribution in [0.1, 0.15) is 50.8 Å². The maximum absolute atomic E-state index is 12.6. The standard InChI is InChI=1S/C25H27F3N2O4/c1-14(11-25(26,27)28)12-29-23(31)17-6-8-21-20(10-17)18(13-30(21)3)9-16-5-7-19(24(32)33)15(2)22(16)34-4/h5-8,10,13-14H,9,11-12H2,1-4H3,(H,29,31)(H,32,33). The number of carbonyl (C=O) groups is 2.